The number of hydrogen-bond donors (Lipinski definition) is 2. The minimum Gasteiger partial charge on any atom is -0.479 e. The smallest absolute Gasteiger partial charge is 0.341 e. The second kappa shape index (κ2) is 10.0. The van der Waals surface area contributed by atoms with Crippen molar-refractivity contribution >= 4 is 17.3 Å². The van der Waals surface area contributed by atoms with Crippen LogP contribution >= 0.6 is 0 Å². The Morgan fingerprint density at radius 1 is 1.29 bits per heavy atom. The summed E-state index contributed by atoms with van der Waals surface area (Å²) in [6.07, 6.45) is 1.34. The molecule has 2 rings (SSSR count). The summed E-state index contributed by atoms with van der Waals surface area (Å²) in [6.45, 7) is 0.486. The Morgan fingerprint density at radius 3 is 2.57 bits per heavy atom. The average molecular weight is 382 g/mol. The minimum absolute atomic E-state index is 0.0608. The van der Waals surface area contributed by atoms with Crippen molar-refractivity contribution in [3.63, 3.8) is 0 Å². The highest BCUT2D eigenvalue weighted by Crippen LogP contribution is 2.20. The third-order valence-corrected chi connectivity index (χ3v) is 4.39. The summed E-state index contributed by atoms with van der Waals surface area (Å²) in [5.74, 6) is -1.000. The van der Waals surface area contributed by atoms with Crippen LogP contribution in [0.25, 0.3) is 0 Å². The number of unbranched alkanes of at least 4 members (excludes halogenated alkanes) is 1. The third kappa shape index (κ3) is 5.53. The van der Waals surface area contributed by atoms with Crippen molar-refractivity contribution in [1.29, 1.82) is 5.26 Å². The number of anilines is 1. The molecule has 8 nitrogen and oxygen atoms in total. The number of carboxylic acids is 1. The van der Waals surface area contributed by atoms with Gasteiger partial charge in [-0.05, 0) is 50.1 Å². The second-order valence-corrected chi connectivity index (χ2v) is 6.27. The lowest BCUT2D eigenvalue weighted by atomic mass is 10.1. The normalized spacial score (nSPS) is 11.4. The zero-order valence-corrected chi connectivity index (χ0v) is 15.5. The highest BCUT2D eigenvalue weighted by Gasteiger charge is 2.24. The minimum atomic E-state index is -1.000. The number of hydrogen-bond acceptors (Lipinski definition) is 6. The quantitative estimate of drug-likeness (QED) is 0.280. The number of non-ortho nitro benzene ring substituents is 1. The van der Waals surface area contributed by atoms with E-state index in [2.05, 4.69) is 11.4 Å². The number of nitro groups is 1. The summed E-state index contributed by atoms with van der Waals surface area (Å²) in [5.41, 5.74) is 2.18. The monoisotopic (exact) mass is 382 g/mol. The molecule has 0 fully saturated rings. The first-order chi connectivity index (χ1) is 13.5. The van der Waals surface area contributed by atoms with Crippen LogP contribution < -0.4 is 10.2 Å². The number of rotatable bonds is 10. The maximum absolute atomic E-state index is 11.6. The van der Waals surface area contributed by atoms with Crippen LogP contribution in [-0.4, -0.2) is 35.8 Å². The number of likely N-dealkylation sites (N-methyl/N-ethyl adjacent to an activating group) is 1. The van der Waals surface area contributed by atoms with E-state index in [1.54, 1.807) is 48.3 Å². The van der Waals surface area contributed by atoms with Gasteiger partial charge in [-0.25, -0.2) is 4.79 Å². The van der Waals surface area contributed by atoms with Gasteiger partial charge in [-0.2, -0.15) is 5.26 Å². The molecule has 28 heavy (non-hydrogen) atoms. The second-order valence-electron chi connectivity index (χ2n) is 6.27. The molecule has 2 N–H and O–H groups in total. The van der Waals surface area contributed by atoms with Crippen LogP contribution in [-0.2, 0) is 11.2 Å². The summed E-state index contributed by atoms with van der Waals surface area (Å²) >= 11 is 0. The molecule has 1 unspecified atom stereocenters. The van der Waals surface area contributed by atoms with Gasteiger partial charge in [-0.15, -0.1) is 0 Å². The molecular weight excluding hydrogens is 360 g/mol. The molecular formula is C20H22N4O4. The van der Waals surface area contributed by atoms with Gasteiger partial charge in [0.15, 0.2) is 6.17 Å². The van der Waals surface area contributed by atoms with Crippen LogP contribution in [0.5, 0.6) is 0 Å². The van der Waals surface area contributed by atoms with Crippen LogP contribution in [0.1, 0.15) is 24.0 Å². The molecule has 0 saturated heterocycles. The van der Waals surface area contributed by atoms with Gasteiger partial charge in [0.05, 0.1) is 16.6 Å². The zero-order valence-electron chi connectivity index (χ0n) is 15.5. The topological polar surface area (TPSA) is 120 Å². The number of nitrogens with zero attached hydrogens (tertiary/aromatic N) is 3. The van der Waals surface area contributed by atoms with Crippen LogP contribution in [0.3, 0.4) is 0 Å². The third-order valence-electron chi connectivity index (χ3n) is 4.39. The van der Waals surface area contributed by atoms with Gasteiger partial charge in [0.2, 0.25) is 0 Å². The standard InChI is InChI=1S/C20H22N4O4/c1-22-19(20(25)26)23(18-7-4-6-16(13-18)14-21)12-3-2-5-15-8-10-17(11-9-15)24(27)28/h4,6-11,13,19,22H,2-3,5,12H2,1H3,(H,25,26). The van der Waals surface area contributed by atoms with E-state index in [1.807, 2.05) is 0 Å². The Morgan fingerprint density at radius 2 is 2.00 bits per heavy atom. The van der Waals surface area contributed by atoms with Gasteiger partial charge >= 0.3 is 5.97 Å². The molecule has 0 heterocycles. The Hall–Kier alpha value is -3.44. The summed E-state index contributed by atoms with van der Waals surface area (Å²) in [7, 11) is 1.58. The molecule has 2 aromatic carbocycles. The predicted molar refractivity (Wildman–Crippen MR) is 105 cm³/mol. The Bertz CT molecular complexity index is 861. The van der Waals surface area contributed by atoms with Crippen molar-refractivity contribution in [3.05, 3.63) is 69.8 Å². The van der Waals surface area contributed by atoms with E-state index < -0.39 is 17.1 Å². The van der Waals surface area contributed by atoms with Crippen molar-refractivity contribution in [2.24, 2.45) is 0 Å². The predicted octanol–water partition coefficient (Wildman–Crippen LogP) is 2.93. The van der Waals surface area contributed by atoms with Crippen LogP contribution in [0.2, 0.25) is 0 Å². The Labute approximate surface area is 163 Å². The number of nitriles is 1. The molecule has 0 spiro atoms. The highest BCUT2D eigenvalue weighted by atomic mass is 16.6. The van der Waals surface area contributed by atoms with Crippen molar-refractivity contribution < 1.29 is 14.8 Å². The number of aryl methyl sites for hydroxylation is 1. The highest BCUT2D eigenvalue weighted by molar-refractivity contribution is 5.77. The number of aliphatic carboxylic acids is 1. The Kier molecular flexibility index (Phi) is 7.48. The summed E-state index contributed by atoms with van der Waals surface area (Å²) in [4.78, 5) is 23.6. The number of nitro benzene ring substituents is 1. The van der Waals surface area contributed by atoms with Gasteiger partial charge in [0, 0.05) is 24.4 Å². The first-order valence-corrected chi connectivity index (χ1v) is 8.86. The molecule has 2 aromatic rings. The maximum Gasteiger partial charge on any atom is 0.341 e. The molecule has 0 saturated carbocycles. The number of carbonyl (C=O) groups is 1. The van der Waals surface area contributed by atoms with Crippen LogP contribution in [0.15, 0.2) is 48.5 Å². The fourth-order valence-corrected chi connectivity index (χ4v) is 2.97. The van der Waals surface area contributed by atoms with E-state index in [0.717, 1.165) is 24.8 Å². The molecule has 0 amide bonds. The Balaban J connectivity index is 2.03. The van der Waals surface area contributed by atoms with Gasteiger partial charge in [0.1, 0.15) is 0 Å². The number of carboxylic acid groups (broad SMARTS) is 1. The average Bonchev–Trinajstić information content (AvgIpc) is 2.70. The molecule has 0 aliphatic carbocycles. The van der Waals surface area contributed by atoms with E-state index in [1.165, 1.54) is 12.1 Å². The van der Waals surface area contributed by atoms with Gasteiger partial charge in [-0.1, -0.05) is 18.2 Å². The molecule has 146 valence electrons. The van der Waals surface area contributed by atoms with E-state index in [0.29, 0.717) is 17.8 Å². The van der Waals surface area contributed by atoms with E-state index in [4.69, 9.17) is 5.26 Å². The largest absolute Gasteiger partial charge is 0.479 e. The summed E-state index contributed by atoms with van der Waals surface area (Å²) in [5, 5.41) is 32.1. The first kappa shape index (κ1) is 20.9. The van der Waals surface area contributed by atoms with Crippen molar-refractivity contribution in [3.8, 4) is 6.07 Å². The van der Waals surface area contributed by atoms with Crippen molar-refractivity contribution in [2.75, 3.05) is 18.5 Å². The molecule has 0 aromatic heterocycles. The van der Waals surface area contributed by atoms with Crippen LogP contribution in [0, 0.1) is 21.4 Å². The van der Waals surface area contributed by atoms with E-state index >= 15 is 0 Å². The molecule has 0 bridgehead atoms. The zero-order chi connectivity index (χ0) is 20.5. The summed E-state index contributed by atoms with van der Waals surface area (Å²) in [6, 6.07) is 15.4. The SMILES string of the molecule is CNC(C(=O)O)N(CCCCc1ccc([N+](=O)[O-])cc1)c1cccc(C#N)c1. The van der Waals surface area contributed by atoms with E-state index in [-0.39, 0.29) is 5.69 Å². The molecule has 0 radical (unpaired) electrons. The number of nitrogens with one attached hydrogen (secondary N) is 1. The maximum atomic E-state index is 11.6. The lowest BCUT2D eigenvalue weighted by molar-refractivity contribution is -0.384. The van der Waals surface area contributed by atoms with Gasteiger partial charge in [0.25, 0.3) is 5.69 Å². The molecule has 0 aliphatic heterocycles. The fourth-order valence-electron chi connectivity index (χ4n) is 2.97. The lowest BCUT2D eigenvalue weighted by Crippen LogP contribution is -2.50. The summed E-state index contributed by atoms with van der Waals surface area (Å²) < 4.78 is 0. The molecule has 8 heteroatoms. The lowest BCUT2D eigenvalue weighted by Gasteiger charge is -2.30. The first-order valence-electron chi connectivity index (χ1n) is 8.86. The van der Waals surface area contributed by atoms with Gasteiger partial charge < -0.3 is 10.0 Å². The fraction of sp³-hybridized carbons (Fsp3) is 0.300. The van der Waals surface area contributed by atoms with Crippen molar-refractivity contribution in [2.45, 2.75) is 25.4 Å². The van der Waals surface area contributed by atoms with Crippen LogP contribution in [0.4, 0.5) is 11.4 Å². The van der Waals surface area contributed by atoms with Crippen molar-refractivity contribution in [1.82, 2.24) is 5.32 Å². The van der Waals surface area contributed by atoms with Gasteiger partial charge in [-0.3, -0.25) is 15.4 Å². The number of benzene rings is 2. The molecule has 0 aliphatic rings. The molecule has 1 atom stereocenters. The van der Waals surface area contributed by atoms with E-state index in [9.17, 15) is 20.0 Å².